The zero-order chi connectivity index (χ0) is 11.4. The maximum Gasteiger partial charge on any atom is 0.220 e. The first-order chi connectivity index (χ1) is 7.74. The number of carbonyl (C=O) groups is 1. The summed E-state index contributed by atoms with van der Waals surface area (Å²) in [6.07, 6.45) is 4.24. The van der Waals surface area contributed by atoms with Crippen LogP contribution in [-0.4, -0.2) is 23.2 Å². The lowest BCUT2D eigenvalue weighted by Crippen LogP contribution is -2.39. The van der Waals surface area contributed by atoms with E-state index in [-0.39, 0.29) is 18.1 Å². The fourth-order valence-corrected chi connectivity index (χ4v) is 2.46. The van der Waals surface area contributed by atoms with Gasteiger partial charge in [-0.3, -0.25) is 4.79 Å². The summed E-state index contributed by atoms with van der Waals surface area (Å²) in [6.45, 7) is 0.0731. The molecule has 1 aliphatic carbocycles. The molecule has 1 fully saturated rings. The molecule has 0 aromatic carbocycles. The molecule has 1 aromatic heterocycles. The van der Waals surface area contributed by atoms with Gasteiger partial charge in [0.1, 0.15) is 0 Å². The van der Waals surface area contributed by atoms with Crippen LogP contribution in [-0.2, 0) is 11.2 Å². The molecule has 1 heterocycles. The van der Waals surface area contributed by atoms with Gasteiger partial charge in [0, 0.05) is 11.3 Å². The Bertz CT molecular complexity index is 344. The highest BCUT2D eigenvalue weighted by molar-refractivity contribution is 7.09. The van der Waals surface area contributed by atoms with Crippen molar-refractivity contribution in [1.29, 1.82) is 0 Å². The van der Waals surface area contributed by atoms with Crippen molar-refractivity contribution in [1.82, 2.24) is 5.32 Å². The normalized spacial score (nSPS) is 17.1. The first-order valence-electron chi connectivity index (χ1n) is 5.68. The van der Waals surface area contributed by atoms with Gasteiger partial charge >= 0.3 is 0 Å². The molecule has 0 atom stereocenters. The van der Waals surface area contributed by atoms with Crippen LogP contribution in [0.3, 0.4) is 0 Å². The fraction of sp³-hybridized carbons (Fsp3) is 0.583. The molecule has 1 saturated carbocycles. The van der Waals surface area contributed by atoms with E-state index in [9.17, 15) is 4.79 Å². The van der Waals surface area contributed by atoms with Crippen molar-refractivity contribution >= 4 is 17.2 Å². The van der Waals surface area contributed by atoms with E-state index in [0.717, 1.165) is 25.7 Å². The van der Waals surface area contributed by atoms with Crippen LogP contribution >= 0.6 is 11.3 Å². The Morgan fingerprint density at radius 1 is 1.56 bits per heavy atom. The third-order valence-corrected chi connectivity index (χ3v) is 3.90. The number of amides is 1. The van der Waals surface area contributed by atoms with Gasteiger partial charge in [0.05, 0.1) is 12.1 Å². The van der Waals surface area contributed by atoms with Crippen LogP contribution in [0.2, 0.25) is 0 Å². The van der Waals surface area contributed by atoms with Crippen LogP contribution in [0.1, 0.15) is 30.6 Å². The minimum absolute atomic E-state index is 0.0723. The molecule has 88 valence electrons. The second-order valence-electron chi connectivity index (χ2n) is 4.42. The number of carbonyl (C=O) groups excluding carboxylic acids is 1. The molecule has 0 spiro atoms. The second kappa shape index (κ2) is 4.97. The number of rotatable bonds is 6. The van der Waals surface area contributed by atoms with Gasteiger partial charge in [-0.15, -0.1) is 11.3 Å². The molecular formula is C12H17NO2S. The highest BCUT2D eigenvalue weighted by Gasteiger charge is 2.43. The topological polar surface area (TPSA) is 49.3 Å². The van der Waals surface area contributed by atoms with E-state index < -0.39 is 0 Å². The van der Waals surface area contributed by atoms with E-state index in [1.165, 1.54) is 4.88 Å². The maximum atomic E-state index is 11.6. The van der Waals surface area contributed by atoms with Crippen molar-refractivity contribution in [2.75, 3.05) is 6.61 Å². The Kier molecular flexibility index (Phi) is 3.61. The van der Waals surface area contributed by atoms with Crippen molar-refractivity contribution in [3.8, 4) is 0 Å². The molecule has 1 aromatic rings. The summed E-state index contributed by atoms with van der Waals surface area (Å²) in [5.74, 6) is 0.0723. The summed E-state index contributed by atoms with van der Waals surface area (Å²) in [6, 6.07) is 4.13. The quantitative estimate of drug-likeness (QED) is 0.794. The van der Waals surface area contributed by atoms with Gasteiger partial charge in [-0.25, -0.2) is 0 Å². The average molecular weight is 239 g/mol. The lowest BCUT2D eigenvalue weighted by atomic mass is 10.2. The molecule has 3 nitrogen and oxygen atoms in total. The fourth-order valence-electron chi connectivity index (χ4n) is 1.71. The molecule has 16 heavy (non-hydrogen) atoms. The van der Waals surface area contributed by atoms with Gasteiger partial charge < -0.3 is 10.4 Å². The smallest absolute Gasteiger partial charge is 0.220 e. The van der Waals surface area contributed by atoms with Crippen molar-refractivity contribution in [2.24, 2.45) is 0 Å². The number of hydrogen-bond donors (Lipinski definition) is 2. The predicted molar refractivity (Wildman–Crippen MR) is 64.5 cm³/mol. The number of hydrogen-bond acceptors (Lipinski definition) is 3. The highest BCUT2D eigenvalue weighted by atomic mass is 32.1. The molecule has 0 bridgehead atoms. The monoisotopic (exact) mass is 239 g/mol. The Morgan fingerprint density at radius 3 is 2.94 bits per heavy atom. The van der Waals surface area contributed by atoms with Gasteiger partial charge in [-0.1, -0.05) is 6.07 Å². The number of aryl methyl sites for hydroxylation is 1. The molecule has 2 N–H and O–H groups in total. The number of nitrogens with one attached hydrogen (secondary N) is 1. The highest BCUT2D eigenvalue weighted by Crippen LogP contribution is 2.34. The minimum atomic E-state index is -0.264. The van der Waals surface area contributed by atoms with Crippen LogP contribution in [0.15, 0.2) is 17.5 Å². The van der Waals surface area contributed by atoms with Crippen LogP contribution in [0.5, 0.6) is 0 Å². The van der Waals surface area contributed by atoms with Crippen molar-refractivity contribution in [2.45, 2.75) is 37.6 Å². The van der Waals surface area contributed by atoms with E-state index >= 15 is 0 Å². The Hall–Kier alpha value is -0.870. The number of aliphatic hydroxyl groups excluding tert-OH is 1. The second-order valence-corrected chi connectivity index (χ2v) is 5.45. The van der Waals surface area contributed by atoms with Crippen LogP contribution in [0.4, 0.5) is 0 Å². The molecule has 1 aliphatic rings. The largest absolute Gasteiger partial charge is 0.394 e. The van der Waals surface area contributed by atoms with Gasteiger partial charge in [-0.05, 0) is 37.1 Å². The SMILES string of the molecule is O=C(CCCc1cccs1)NC1(CO)CC1. The molecule has 1 amide bonds. The van der Waals surface area contributed by atoms with Gasteiger partial charge in [0.2, 0.25) is 5.91 Å². The van der Waals surface area contributed by atoms with Crippen molar-refractivity contribution in [3.63, 3.8) is 0 Å². The summed E-state index contributed by atoms with van der Waals surface area (Å²) in [5.41, 5.74) is -0.264. The molecule has 2 rings (SSSR count). The summed E-state index contributed by atoms with van der Waals surface area (Å²) < 4.78 is 0. The molecule has 0 radical (unpaired) electrons. The third kappa shape index (κ3) is 3.06. The first kappa shape index (κ1) is 11.6. The van der Waals surface area contributed by atoms with Gasteiger partial charge in [0.15, 0.2) is 0 Å². The van der Waals surface area contributed by atoms with Crippen LogP contribution < -0.4 is 5.32 Å². The first-order valence-corrected chi connectivity index (χ1v) is 6.56. The van der Waals surface area contributed by atoms with E-state index in [1.54, 1.807) is 11.3 Å². The molecule has 4 heteroatoms. The summed E-state index contributed by atoms with van der Waals surface area (Å²) in [4.78, 5) is 12.9. The molecule has 0 unspecified atom stereocenters. The lowest BCUT2D eigenvalue weighted by Gasteiger charge is -2.13. The zero-order valence-electron chi connectivity index (χ0n) is 9.24. The number of thiophene rings is 1. The van der Waals surface area contributed by atoms with Crippen LogP contribution in [0.25, 0.3) is 0 Å². The Balaban J connectivity index is 1.64. The molecule has 0 aliphatic heterocycles. The summed E-state index contributed by atoms with van der Waals surface area (Å²) in [7, 11) is 0. The predicted octanol–water partition coefficient (Wildman–Crippen LogP) is 1.71. The van der Waals surface area contributed by atoms with E-state index in [2.05, 4.69) is 16.8 Å². The standard InChI is InChI=1S/C12H17NO2S/c14-9-12(6-7-12)13-11(15)5-1-3-10-4-2-8-16-10/h2,4,8,14H,1,3,5-7,9H2,(H,13,15). The summed E-state index contributed by atoms with van der Waals surface area (Å²) >= 11 is 1.73. The van der Waals surface area contributed by atoms with E-state index in [1.807, 2.05) is 6.07 Å². The summed E-state index contributed by atoms with van der Waals surface area (Å²) in [5, 5.41) is 14.0. The van der Waals surface area contributed by atoms with Gasteiger partial charge in [-0.2, -0.15) is 0 Å². The van der Waals surface area contributed by atoms with E-state index in [0.29, 0.717) is 6.42 Å². The zero-order valence-corrected chi connectivity index (χ0v) is 10.1. The molecular weight excluding hydrogens is 222 g/mol. The Labute approximate surface area is 99.5 Å². The lowest BCUT2D eigenvalue weighted by molar-refractivity contribution is -0.122. The Morgan fingerprint density at radius 2 is 2.38 bits per heavy atom. The average Bonchev–Trinajstić information content (AvgIpc) is 2.85. The van der Waals surface area contributed by atoms with Gasteiger partial charge in [0.25, 0.3) is 0 Å². The van der Waals surface area contributed by atoms with E-state index in [4.69, 9.17) is 5.11 Å². The third-order valence-electron chi connectivity index (χ3n) is 2.97. The van der Waals surface area contributed by atoms with Crippen LogP contribution in [0, 0.1) is 0 Å². The number of aliphatic hydroxyl groups is 1. The van der Waals surface area contributed by atoms with Crippen molar-refractivity contribution < 1.29 is 9.90 Å². The maximum absolute atomic E-state index is 11.6. The van der Waals surface area contributed by atoms with Crippen molar-refractivity contribution in [3.05, 3.63) is 22.4 Å². The minimum Gasteiger partial charge on any atom is -0.394 e. The molecule has 0 saturated heterocycles.